The van der Waals surface area contributed by atoms with Gasteiger partial charge in [-0.3, -0.25) is 0 Å². The number of rotatable bonds is 2. The maximum absolute atomic E-state index is 11.1. The average molecular weight is 395 g/mol. The van der Waals surface area contributed by atoms with E-state index in [1.165, 1.54) is 5.69 Å². The summed E-state index contributed by atoms with van der Waals surface area (Å²) in [6.07, 6.45) is 4.19. The third kappa shape index (κ3) is 4.84. The van der Waals surface area contributed by atoms with E-state index in [0.29, 0.717) is 23.1 Å². The van der Waals surface area contributed by atoms with Gasteiger partial charge in [-0.05, 0) is 30.7 Å². The number of anilines is 1. The molecule has 0 unspecified atom stereocenters. The molecule has 0 aliphatic carbocycles. The highest BCUT2D eigenvalue weighted by Gasteiger charge is 2.16. The van der Waals surface area contributed by atoms with Crippen LogP contribution in [0.5, 0.6) is 0 Å². The maximum atomic E-state index is 11.1. The molecule has 152 valence electrons. The standard InChI is InChI=1S/C12H17N3O.C9H8N2O2/c13-12(16)15-8-4-7-14(9-10-15)11-5-2-1-3-6-11;1-11-5-7(9(12)13)6-3-2-4-10-8(6)11/h1-3,5-6H,4,7-10H2,(H2,13,16);2-5H,1H3,(H,12,13). The Bertz CT molecular complexity index is 986. The molecule has 3 heterocycles. The van der Waals surface area contributed by atoms with Crippen LogP contribution in [-0.2, 0) is 7.05 Å². The molecule has 3 N–H and O–H groups in total. The molecule has 4 rings (SSSR count). The van der Waals surface area contributed by atoms with Crippen LogP contribution >= 0.6 is 0 Å². The number of nitrogens with two attached hydrogens (primary N) is 1. The minimum atomic E-state index is -0.918. The first-order valence-corrected chi connectivity index (χ1v) is 9.45. The summed E-state index contributed by atoms with van der Waals surface area (Å²) in [5.41, 5.74) is 7.50. The Hall–Kier alpha value is -3.55. The third-order valence-corrected chi connectivity index (χ3v) is 4.89. The number of aryl methyl sites for hydroxylation is 1. The molecule has 29 heavy (non-hydrogen) atoms. The summed E-state index contributed by atoms with van der Waals surface area (Å²) in [7, 11) is 1.78. The molecule has 1 aliphatic rings. The van der Waals surface area contributed by atoms with Crippen molar-refractivity contribution < 1.29 is 14.7 Å². The van der Waals surface area contributed by atoms with Gasteiger partial charge in [-0.2, -0.15) is 0 Å². The van der Waals surface area contributed by atoms with Crippen LogP contribution in [0.15, 0.2) is 54.9 Å². The number of benzene rings is 1. The molecule has 2 aromatic heterocycles. The Balaban J connectivity index is 0.000000169. The molecular formula is C21H25N5O3. The number of pyridine rings is 1. The van der Waals surface area contributed by atoms with E-state index in [9.17, 15) is 9.59 Å². The predicted molar refractivity (Wildman–Crippen MR) is 112 cm³/mol. The topological polar surface area (TPSA) is 105 Å². The molecule has 1 aliphatic heterocycles. The number of carboxylic acids is 1. The van der Waals surface area contributed by atoms with Crippen molar-refractivity contribution in [1.29, 1.82) is 0 Å². The minimum Gasteiger partial charge on any atom is -0.478 e. The van der Waals surface area contributed by atoms with Gasteiger partial charge in [0.2, 0.25) is 0 Å². The van der Waals surface area contributed by atoms with Gasteiger partial charge in [-0.1, -0.05) is 18.2 Å². The lowest BCUT2D eigenvalue weighted by molar-refractivity contribution is 0.0698. The molecule has 0 radical (unpaired) electrons. The fraction of sp³-hybridized carbons (Fsp3) is 0.286. The molecule has 0 atom stereocenters. The molecule has 8 nitrogen and oxygen atoms in total. The molecule has 8 heteroatoms. The van der Waals surface area contributed by atoms with Crippen LogP contribution in [0.25, 0.3) is 11.0 Å². The zero-order chi connectivity index (χ0) is 20.8. The first-order chi connectivity index (χ1) is 14.0. The number of aromatic nitrogens is 2. The summed E-state index contributed by atoms with van der Waals surface area (Å²) in [5, 5.41) is 9.53. The van der Waals surface area contributed by atoms with E-state index in [-0.39, 0.29) is 6.03 Å². The van der Waals surface area contributed by atoms with E-state index < -0.39 is 5.97 Å². The first-order valence-electron chi connectivity index (χ1n) is 9.45. The Labute approximate surface area is 169 Å². The van der Waals surface area contributed by atoms with Gasteiger partial charge in [-0.15, -0.1) is 0 Å². The second-order valence-corrected chi connectivity index (χ2v) is 6.83. The summed E-state index contributed by atoms with van der Waals surface area (Å²) in [4.78, 5) is 30.0. The molecular weight excluding hydrogens is 370 g/mol. The summed E-state index contributed by atoms with van der Waals surface area (Å²) in [6, 6.07) is 13.4. The number of carbonyl (C=O) groups is 2. The minimum absolute atomic E-state index is 0.297. The van der Waals surface area contributed by atoms with Crippen LogP contribution in [0.3, 0.4) is 0 Å². The molecule has 1 saturated heterocycles. The molecule has 1 aromatic carbocycles. The SMILES string of the molecule is Cn1cc(C(=O)O)c2cccnc21.NC(=O)N1CCCN(c2ccccc2)CC1. The van der Waals surface area contributed by atoms with Gasteiger partial charge in [0.05, 0.1) is 5.56 Å². The Morgan fingerprint density at radius 3 is 2.48 bits per heavy atom. The van der Waals surface area contributed by atoms with E-state index in [1.807, 2.05) is 18.2 Å². The molecule has 0 saturated carbocycles. The van der Waals surface area contributed by atoms with Crippen LogP contribution in [-0.4, -0.2) is 57.7 Å². The monoisotopic (exact) mass is 395 g/mol. The summed E-state index contributed by atoms with van der Waals surface area (Å²) in [6.45, 7) is 3.31. The second kappa shape index (κ2) is 9.09. The van der Waals surface area contributed by atoms with E-state index >= 15 is 0 Å². The number of urea groups is 1. The van der Waals surface area contributed by atoms with Gasteiger partial charge < -0.3 is 25.2 Å². The second-order valence-electron chi connectivity index (χ2n) is 6.83. The molecule has 3 aromatic rings. The van der Waals surface area contributed by atoms with Gasteiger partial charge in [-0.25, -0.2) is 14.6 Å². The van der Waals surface area contributed by atoms with Crippen molar-refractivity contribution in [3.63, 3.8) is 0 Å². The summed E-state index contributed by atoms with van der Waals surface area (Å²) in [5.74, 6) is -0.918. The molecule has 1 fully saturated rings. The Morgan fingerprint density at radius 2 is 1.79 bits per heavy atom. The van der Waals surface area contributed by atoms with Crippen molar-refractivity contribution in [2.75, 3.05) is 31.1 Å². The number of primary amides is 1. The van der Waals surface area contributed by atoms with Gasteiger partial charge in [0.1, 0.15) is 5.65 Å². The van der Waals surface area contributed by atoms with Crippen molar-refractivity contribution in [1.82, 2.24) is 14.5 Å². The van der Waals surface area contributed by atoms with Crippen molar-refractivity contribution in [3.8, 4) is 0 Å². The van der Waals surface area contributed by atoms with Crippen molar-refractivity contribution in [3.05, 3.63) is 60.4 Å². The zero-order valence-corrected chi connectivity index (χ0v) is 16.4. The highest BCUT2D eigenvalue weighted by atomic mass is 16.4. The quantitative estimate of drug-likeness (QED) is 0.694. The number of fused-ring (bicyclic) bond motifs is 1. The van der Waals surface area contributed by atoms with Crippen LogP contribution in [0.2, 0.25) is 0 Å². The smallest absolute Gasteiger partial charge is 0.337 e. The van der Waals surface area contributed by atoms with E-state index in [1.54, 1.807) is 41.0 Å². The number of carboxylic acid groups (broad SMARTS) is 1. The van der Waals surface area contributed by atoms with Gasteiger partial charge in [0.15, 0.2) is 0 Å². The number of nitrogens with zero attached hydrogens (tertiary/aromatic N) is 4. The largest absolute Gasteiger partial charge is 0.478 e. The first kappa shape index (κ1) is 20.2. The molecule has 2 amide bonds. The molecule has 0 bridgehead atoms. The van der Waals surface area contributed by atoms with Crippen molar-refractivity contribution in [2.45, 2.75) is 6.42 Å². The summed E-state index contributed by atoms with van der Waals surface area (Å²) >= 11 is 0. The fourth-order valence-electron chi connectivity index (χ4n) is 3.42. The van der Waals surface area contributed by atoms with Gasteiger partial charge in [0, 0.05) is 56.7 Å². The zero-order valence-electron chi connectivity index (χ0n) is 16.4. The van der Waals surface area contributed by atoms with Crippen LogP contribution in [0, 0.1) is 0 Å². The Morgan fingerprint density at radius 1 is 1.03 bits per heavy atom. The number of para-hydroxylation sites is 1. The predicted octanol–water partition coefficient (Wildman–Crippen LogP) is 2.55. The lowest BCUT2D eigenvalue weighted by Crippen LogP contribution is -2.38. The fourth-order valence-corrected chi connectivity index (χ4v) is 3.42. The van der Waals surface area contributed by atoms with E-state index in [4.69, 9.17) is 10.8 Å². The van der Waals surface area contributed by atoms with E-state index in [0.717, 1.165) is 26.1 Å². The average Bonchev–Trinajstić information content (AvgIpc) is 2.91. The highest BCUT2D eigenvalue weighted by Crippen LogP contribution is 2.18. The number of aromatic carboxylic acids is 1. The van der Waals surface area contributed by atoms with Crippen LogP contribution in [0.4, 0.5) is 10.5 Å². The van der Waals surface area contributed by atoms with Crippen LogP contribution in [0.1, 0.15) is 16.8 Å². The third-order valence-electron chi connectivity index (χ3n) is 4.89. The maximum Gasteiger partial charge on any atom is 0.337 e. The number of carbonyl (C=O) groups excluding carboxylic acids is 1. The number of amides is 2. The number of hydrogen-bond donors (Lipinski definition) is 2. The van der Waals surface area contributed by atoms with Gasteiger partial charge in [0.25, 0.3) is 0 Å². The Kier molecular flexibility index (Phi) is 6.33. The van der Waals surface area contributed by atoms with E-state index in [2.05, 4.69) is 22.0 Å². The van der Waals surface area contributed by atoms with Crippen molar-refractivity contribution in [2.24, 2.45) is 12.8 Å². The number of hydrogen-bond acceptors (Lipinski definition) is 4. The molecule has 0 spiro atoms. The van der Waals surface area contributed by atoms with Crippen molar-refractivity contribution >= 4 is 28.7 Å². The lowest BCUT2D eigenvalue weighted by Gasteiger charge is -2.22. The summed E-state index contributed by atoms with van der Waals surface area (Å²) < 4.78 is 1.71. The normalized spacial score (nSPS) is 14.1. The van der Waals surface area contributed by atoms with Gasteiger partial charge >= 0.3 is 12.0 Å². The lowest BCUT2D eigenvalue weighted by atomic mass is 10.2. The highest BCUT2D eigenvalue weighted by molar-refractivity contribution is 6.02. The van der Waals surface area contributed by atoms with Crippen LogP contribution < -0.4 is 10.6 Å².